The van der Waals surface area contributed by atoms with Crippen LogP contribution >= 0.6 is 34.4 Å². The second kappa shape index (κ2) is 7.12. The summed E-state index contributed by atoms with van der Waals surface area (Å²) in [6, 6.07) is 6.11. The molecule has 0 bridgehead atoms. The van der Waals surface area contributed by atoms with E-state index in [0.717, 1.165) is 32.7 Å². The van der Waals surface area contributed by atoms with Gasteiger partial charge in [0, 0.05) is 10.1 Å². The SMILES string of the molecule is C/C=C/CCn1c(SCC(=O)O)nc2cc(I)ccc21. The fraction of sp³-hybridized carbons (Fsp3) is 0.286. The molecule has 0 atom stereocenters. The van der Waals surface area contributed by atoms with Crippen LogP contribution in [-0.2, 0) is 11.3 Å². The summed E-state index contributed by atoms with van der Waals surface area (Å²) in [6.07, 6.45) is 5.03. The standard InChI is InChI=1S/C14H15IN2O2S/c1-2-3-4-7-17-12-6-5-10(15)8-11(12)16-14(17)20-9-13(18)19/h2-3,5-6,8H,4,7,9H2,1H3,(H,18,19)/b3-2+. The summed E-state index contributed by atoms with van der Waals surface area (Å²) in [7, 11) is 0. The molecule has 2 rings (SSSR count). The van der Waals surface area contributed by atoms with E-state index in [0.29, 0.717) is 0 Å². The van der Waals surface area contributed by atoms with E-state index in [1.165, 1.54) is 11.8 Å². The zero-order chi connectivity index (χ0) is 14.5. The van der Waals surface area contributed by atoms with Gasteiger partial charge in [-0.1, -0.05) is 23.9 Å². The van der Waals surface area contributed by atoms with E-state index in [4.69, 9.17) is 5.11 Å². The van der Waals surface area contributed by atoms with Crippen molar-refractivity contribution in [2.45, 2.75) is 25.0 Å². The van der Waals surface area contributed by atoms with Crippen LogP contribution in [0.2, 0.25) is 0 Å². The maximum absolute atomic E-state index is 10.7. The molecule has 6 heteroatoms. The predicted molar refractivity (Wildman–Crippen MR) is 90.2 cm³/mol. The van der Waals surface area contributed by atoms with E-state index < -0.39 is 5.97 Å². The molecule has 0 amide bonds. The minimum absolute atomic E-state index is 0.0318. The zero-order valence-electron chi connectivity index (χ0n) is 11.0. The predicted octanol–water partition coefficient (Wildman–Crippen LogP) is 3.78. The summed E-state index contributed by atoms with van der Waals surface area (Å²) in [6.45, 7) is 2.80. The first kappa shape index (κ1) is 15.4. The van der Waals surface area contributed by atoms with E-state index in [1.807, 2.05) is 31.2 Å². The number of aromatic nitrogens is 2. The third kappa shape index (κ3) is 3.76. The van der Waals surface area contributed by atoms with Gasteiger partial charge in [0.15, 0.2) is 5.16 Å². The molecule has 0 saturated carbocycles. The number of hydrogen-bond donors (Lipinski definition) is 1. The maximum atomic E-state index is 10.7. The van der Waals surface area contributed by atoms with Crippen molar-refractivity contribution < 1.29 is 9.90 Å². The lowest BCUT2D eigenvalue weighted by Gasteiger charge is -2.06. The second-order valence-corrected chi connectivity index (χ2v) is 6.41. The van der Waals surface area contributed by atoms with Crippen molar-refractivity contribution in [3.63, 3.8) is 0 Å². The van der Waals surface area contributed by atoms with Gasteiger partial charge in [-0.3, -0.25) is 4.79 Å². The van der Waals surface area contributed by atoms with Crippen molar-refractivity contribution in [2.75, 3.05) is 5.75 Å². The Morgan fingerprint density at radius 1 is 1.55 bits per heavy atom. The largest absolute Gasteiger partial charge is 0.481 e. The van der Waals surface area contributed by atoms with Gasteiger partial charge in [-0.15, -0.1) is 0 Å². The first-order valence-electron chi connectivity index (χ1n) is 6.23. The van der Waals surface area contributed by atoms with Crippen molar-refractivity contribution >= 4 is 51.4 Å². The van der Waals surface area contributed by atoms with Gasteiger partial charge in [-0.2, -0.15) is 0 Å². The molecule has 1 N–H and O–H groups in total. The van der Waals surface area contributed by atoms with Crippen LogP contribution in [0.25, 0.3) is 11.0 Å². The van der Waals surface area contributed by atoms with Gasteiger partial charge >= 0.3 is 5.97 Å². The maximum Gasteiger partial charge on any atom is 0.313 e. The summed E-state index contributed by atoms with van der Waals surface area (Å²) >= 11 is 3.52. The molecule has 1 aromatic heterocycles. The lowest BCUT2D eigenvalue weighted by atomic mass is 10.3. The number of thioether (sulfide) groups is 1. The van der Waals surface area contributed by atoms with Gasteiger partial charge < -0.3 is 9.67 Å². The van der Waals surface area contributed by atoms with E-state index in [2.05, 4.69) is 38.2 Å². The number of fused-ring (bicyclic) bond motifs is 1. The number of halogens is 1. The van der Waals surface area contributed by atoms with Crippen molar-refractivity contribution in [1.82, 2.24) is 9.55 Å². The van der Waals surface area contributed by atoms with Crippen LogP contribution < -0.4 is 0 Å². The number of benzene rings is 1. The molecule has 0 aliphatic heterocycles. The van der Waals surface area contributed by atoms with E-state index >= 15 is 0 Å². The molecule has 2 aromatic rings. The van der Waals surface area contributed by atoms with Crippen molar-refractivity contribution in [2.24, 2.45) is 0 Å². The van der Waals surface area contributed by atoms with Crippen molar-refractivity contribution in [1.29, 1.82) is 0 Å². The van der Waals surface area contributed by atoms with Crippen molar-refractivity contribution in [3.8, 4) is 0 Å². The molecule has 4 nitrogen and oxygen atoms in total. The average molecular weight is 402 g/mol. The highest BCUT2D eigenvalue weighted by Gasteiger charge is 2.12. The molecule has 0 saturated heterocycles. The molecule has 1 aromatic carbocycles. The van der Waals surface area contributed by atoms with E-state index in [9.17, 15) is 4.79 Å². The van der Waals surface area contributed by atoms with Gasteiger partial charge in [0.2, 0.25) is 0 Å². The Hall–Kier alpha value is -1.02. The van der Waals surface area contributed by atoms with Gasteiger partial charge in [-0.25, -0.2) is 4.98 Å². The first-order chi connectivity index (χ1) is 9.61. The van der Waals surface area contributed by atoms with Gasteiger partial charge in [0.1, 0.15) is 0 Å². The average Bonchev–Trinajstić information content (AvgIpc) is 2.74. The van der Waals surface area contributed by atoms with E-state index in [-0.39, 0.29) is 5.75 Å². The molecule has 1 heterocycles. The number of aryl methyl sites for hydroxylation is 1. The molecule has 0 fully saturated rings. The normalized spacial score (nSPS) is 11.5. The highest BCUT2D eigenvalue weighted by Crippen LogP contribution is 2.25. The highest BCUT2D eigenvalue weighted by molar-refractivity contribution is 14.1. The monoisotopic (exact) mass is 402 g/mol. The lowest BCUT2D eigenvalue weighted by Crippen LogP contribution is -2.03. The number of allylic oxidation sites excluding steroid dienone is 2. The highest BCUT2D eigenvalue weighted by atomic mass is 127. The third-order valence-corrected chi connectivity index (χ3v) is 4.39. The van der Waals surface area contributed by atoms with Crippen LogP contribution in [0.1, 0.15) is 13.3 Å². The number of carboxylic acid groups (broad SMARTS) is 1. The number of imidazole rings is 1. The lowest BCUT2D eigenvalue weighted by molar-refractivity contribution is -0.133. The Labute approximate surface area is 135 Å². The molecule has 0 aliphatic carbocycles. The summed E-state index contributed by atoms with van der Waals surface area (Å²) in [5, 5.41) is 9.60. The number of hydrogen-bond acceptors (Lipinski definition) is 3. The number of aliphatic carboxylic acids is 1. The Morgan fingerprint density at radius 3 is 3.05 bits per heavy atom. The molecule has 0 radical (unpaired) electrons. The molecule has 0 unspecified atom stereocenters. The summed E-state index contributed by atoms with van der Waals surface area (Å²) in [5.74, 6) is -0.791. The summed E-state index contributed by atoms with van der Waals surface area (Å²) < 4.78 is 3.22. The Morgan fingerprint density at radius 2 is 2.35 bits per heavy atom. The minimum atomic E-state index is -0.823. The molecule has 106 valence electrons. The third-order valence-electron chi connectivity index (χ3n) is 2.76. The van der Waals surface area contributed by atoms with Crippen LogP contribution in [0.15, 0.2) is 35.5 Å². The first-order valence-corrected chi connectivity index (χ1v) is 8.30. The molecule has 0 aliphatic rings. The number of nitrogens with zero attached hydrogens (tertiary/aromatic N) is 2. The van der Waals surface area contributed by atoms with Gasteiger partial charge in [0.05, 0.1) is 16.8 Å². The Kier molecular flexibility index (Phi) is 5.47. The zero-order valence-corrected chi connectivity index (χ0v) is 14.0. The smallest absolute Gasteiger partial charge is 0.313 e. The summed E-state index contributed by atoms with van der Waals surface area (Å²) in [5.41, 5.74) is 1.98. The van der Waals surface area contributed by atoms with Gasteiger partial charge in [-0.05, 0) is 54.1 Å². The fourth-order valence-electron chi connectivity index (χ4n) is 1.90. The van der Waals surface area contributed by atoms with Crippen LogP contribution in [0, 0.1) is 3.57 Å². The topological polar surface area (TPSA) is 55.1 Å². The number of rotatable bonds is 6. The van der Waals surface area contributed by atoms with E-state index in [1.54, 1.807) is 0 Å². The van der Waals surface area contributed by atoms with Crippen LogP contribution in [0.3, 0.4) is 0 Å². The van der Waals surface area contributed by atoms with Crippen LogP contribution in [0.5, 0.6) is 0 Å². The van der Waals surface area contributed by atoms with Gasteiger partial charge in [0.25, 0.3) is 0 Å². The fourth-order valence-corrected chi connectivity index (χ4v) is 3.14. The number of carbonyl (C=O) groups is 1. The number of carboxylic acids is 1. The van der Waals surface area contributed by atoms with Crippen LogP contribution in [0.4, 0.5) is 0 Å². The molecular weight excluding hydrogens is 387 g/mol. The Balaban J connectivity index is 2.36. The van der Waals surface area contributed by atoms with Crippen LogP contribution in [-0.4, -0.2) is 26.4 Å². The quantitative estimate of drug-likeness (QED) is 0.454. The summed E-state index contributed by atoms with van der Waals surface area (Å²) in [4.78, 5) is 15.3. The molecular formula is C14H15IN2O2S. The Bertz CT molecular complexity index is 652. The molecule has 20 heavy (non-hydrogen) atoms. The molecule has 0 spiro atoms. The minimum Gasteiger partial charge on any atom is -0.481 e. The van der Waals surface area contributed by atoms with Crippen molar-refractivity contribution in [3.05, 3.63) is 33.9 Å². The second-order valence-electron chi connectivity index (χ2n) is 4.22.